The highest BCUT2D eigenvalue weighted by atomic mass is 16.7. The summed E-state index contributed by atoms with van der Waals surface area (Å²) in [5, 5.41) is 6.44. The standard InChI is InChI=1S/C23H26N4O5/c28-22(14-5-6-18-19(9-14)32-12-31-18)25-16-10-29-21-17(11-30-20(16)21)27-23-24-8-7-15(26-23)13-3-1-2-4-13/h5-9,13,16-17,20-21H,1-4,10-12H2,(H,25,28)(H,24,26,27)/t16-,17+,20-,21+/m1/s1. The summed E-state index contributed by atoms with van der Waals surface area (Å²) in [7, 11) is 0. The Labute approximate surface area is 185 Å². The quantitative estimate of drug-likeness (QED) is 0.733. The summed E-state index contributed by atoms with van der Waals surface area (Å²) in [5.74, 6) is 2.19. The molecule has 2 N–H and O–H groups in total. The Kier molecular flexibility index (Phi) is 5.07. The van der Waals surface area contributed by atoms with E-state index in [2.05, 4.69) is 15.6 Å². The second kappa shape index (κ2) is 8.22. The number of carbonyl (C=O) groups is 1. The normalized spacial score (nSPS) is 28.6. The first-order valence-corrected chi connectivity index (χ1v) is 11.3. The average Bonchev–Trinajstić information content (AvgIpc) is 3.60. The van der Waals surface area contributed by atoms with Crippen molar-refractivity contribution in [1.29, 1.82) is 0 Å². The molecule has 1 aromatic heterocycles. The van der Waals surface area contributed by atoms with Gasteiger partial charge in [0.15, 0.2) is 11.5 Å². The van der Waals surface area contributed by atoms with E-state index in [1.54, 1.807) is 18.2 Å². The van der Waals surface area contributed by atoms with Crippen LogP contribution in [0, 0.1) is 0 Å². The van der Waals surface area contributed by atoms with Gasteiger partial charge in [0.2, 0.25) is 12.7 Å². The lowest BCUT2D eigenvalue weighted by Crippen LogP contribution is -2.44. The molecule has 6 rings (SSSR count). The van der Waals surface area contributed by atoms with Crippen LogP contribution in [0.25, 0.3) is 0 Å². The van der Waals surface area contributed by atoms with E-state index < -0.39 is 0 Å². The predicted octanol–water partition coefficient (Wildman–Crippen LogP) is 2.24. The minimum atomic E-state index is -0.226. The maximum atomic E-state index is 12.8. The number of aromatic nitrogens is 2. The number of nitrogens with one attached hydrogen (secondary N) is 2. The Morgan fingerprint density at radius 2 is 1.75 bits per heavy atom. The van der Waals surface area contributed by atoms with Gasteiger partial charge in [0.05, 0.1) is 25.3 Å². The number of anilines is 1. The van der Waals surface area contributed by atoms with E-state index in [0.29, 0.717) is 42.1 Å². The van der Waals surface area contributed by atoms with Gasteiger partial charge in [-0.25, -0.2) is 9.97 Å². The minimum Gasteiger partial charge on any atom is -0.454 e. The molecule has 1 amide bonds. The molecule has 0 unspecified atom stereocenters. The van der Waals surface area contributed by atoms with Crippen LogP contribution >= 0.6 is 0 Å². The molecule has 3 aliphatic heterocycles. The lowest BCUT2D eigenvalue weighted by Gasteiger charge is -2.19. The van der Waals surface area contributed by atoms with Crippen molar-refractivity contribution in [3.63, 3.8) is 0 Å². The van der Waals surface area contributed by atoms with Gasteiger partial charge in [-0.3, -0.25) is 4.79 Å². The maximum Gasteiger partial charge on any atom is 0.251 e. The van der Waals surface area contributed by atoms with Gasteiger partial charge < -0.3 is 29.6 Å². The lowest BCUT2D eigenvalue weighted by molar-refractivity contribution is 0.0652. The number of hydrogen-bond donors (Lipinski definition) is 2. The van der Waals surface area contributed by atoms with E-state index in [4.69, 9.17) is 23.9 Å². The van der Waals surface area contributed by atoms with Crippen LogP contribution in [0.4, 0.5) is 5.95 Å². The first-order chi connectivity index (χ1) is 15.7. The summed E-state index contributed by atoms with van der Waals surface area (Å²) < 4.78 is 22.7. The molecular weight excluding hydrogens is 412 g/mol. The highest BCUT2D eigenvalue weighted by Crippen LogP contribution is 2.34. The summed E-state index contributed by atoms with van der Waals surface area (Å²) in [6.07, 6.45) is 6.36. The number of fused-ring (bicyclic) bond motifs is 2. The monoisotopic (exact) mass is 438 g/mol. The summed E-state index contributed by atoms with van der Waals surface area (Å²) in [4.78, 5) is 21.9. The number of ether oxygens (including phenoxy) is 4. The van der Waals surface area contributed by atoms with E-state index >= 15 is 0 Å². The molecule has 1 aromatic carbocycles. The summed E-state index contributed by atoms with van der Waals surface area (Å²) in [6.45, 7) is 1.05. The molecule has 9 nitrogen and oxygen atoms in total. The molecule has 9 heteroatoms. The molecule has 4 heterocycles. The minimum absolute atomic E-state index is 0.0636. The zero-order valence-electron chi connectivity index (χ0n) is 17.7. The molecule has 2 saturated heterocycles. The molecule has 3 fully saturated rings. The first kappa shape index (κ1) is 19.8. The third kappa shape index (κ3) is 3.65. The molecule has 32 heavy (non-hydrogen) atoms. The second-order valence-corrected chi connectivity index (χ2v) is 8.78. The van der Waals surface area contributed by atoms with Crippen molar-refractivity contribution in [3.8, 4) is 11.5 Å². The van der Waals surface area contributed by atoms with Gasteiger partial charge >= 0.3 is 0 Å². The topological polar surface area (TPSA) is 104 Å². The van der Waals surface area contributed by atoms with Gasteiger partial charge in [-0.05, 0) is 37.1 Å². The average molecular weight is 438 g/mol. The van der Waals surface area contributed by atoms with Gasteiger partial charge in [-0.1, -0.05) is 12.8 Å². The Hall–Kier alpha value is -2.91. The number of amides is 1. The van der Waals surface area contributed by atoms with Crippen molar-refractivity contribution in [2.45, 2.75) is 55.9 Å². The number of nitrogens with zero attached hydrogens (tertiary/aromatic N) is 2. The summed E-state index contributed by atoms with van der Waals surface area (Å²) in [6, 6.07) is 6.89. The predicted molar refractivity (Wildman–Crippen MR) is 114 cm³/mol. The van der Waals surface area contributed by atoms with Gasteiger partial charge in [0.1, 0.15) is 12.2 Å². The number of hydrogen-bond acceptors (Lipinski definition) is 8. The van der Waals surface area contributed by atoms with Crippen LogP contribution in [-0.4, -0.2) is 60.2 Å². The molecule has 0 radical (unpaired) electrons. The third-order valence-corrected chi connectivity index (χ3v) is 6.77. The van der Waals surface area contributed by atoms with Crippen molar-refractivity contribution in [2.75, 3.05) is 25.3 Å². The van der Waals surface area contributed by atoms with Gasteiger partial charge in [-0.15, -0.1) is 0 Å². The summed E-state index contributed by atoms with van der Waals surface area (Å²) in [5.41, 5.74) is 1.62. The number of benzene rings is 1. The van der Waals surface area contributed by atoms with E-state index in [9.17, 15) is 4.79 Å². The molecule has 1 saturated carbocycles. The highest BCUT2D eigenvalue weighted by Gasteiger charge is 2.48. The largest absolute Gasteiger partial charge is 0.454 e. The number of carbonyl (C=O) groups excluding carboxylic acids is 1. The van der Waals surface area contributed by atoms with E-state index in [-0.39, 0.29) is 37.0 Å². The van der Waals surface area contributed by atoms with Crippen molar-refractivity contribution in [2.24, 2.45) is 0 Å². The molecule has 0 bridgehead atoms. The van der Waals surface area contributed by atoms with Crippen LogP contribution in [0.5, 0.6) is 11.5 Å². The Morgan fingerprint density at radius 1 is 0.969 bits per heavy atom. The number of rotatable bonds is 5. The second-order valence-electron chi connectivity index (χ2n) is 8.78. The van der Waals surface area contributed by atoms with Crippen LogP contribution in [0.2, 0.25) is 0 Å². The van der Waals surface area contributed by atoms with Gasteiger partial charge in [0.25, 0.3) is 5.91 Å². The fourth-order valence-corrected chi connectivity index (χ4v) is 5.09. The van der Waals surface area contributed by atoms with Gasteiger partial charge in [-0.2, -0.15) is 0 Å². The van der Waals surface area contributed by atoms with E-state index in [0.717, 1.165) is 5.69 Å². The molecule has 4 aliphatic rings. The lowest BCUT2D eigenvalue weighted by atomic mass is 10.0. The third-order valence-electron chi connectivity index (χ3n) is 6.77. The van der Waals surface area contributed by atoms with Crippen LogP contribution in [-0.2, 0) is 9.47 Å². The molecule has 0 spiro atoms. The molecule has 168 valence electrons. The van der Waals surface area contributed by atoms with Crippen molar-refractivity contribution >= 4 is 11.9 Å². The molecule has 1 aliphatic carbocycles. The van der Waals surface area contributed by atoms with Crippen LogP contribution < -0.4 is 20.1 Å². The first-order valence-electron chi connectivity index (χ1n) is 11.3. The van der Waals surface area contributed by atoms with Crippen molar-refractivity contribution in [1.82, 2.24) is 15.3 Å². The zero-order chi connectivity index (χ0) is 21.5. The molecule has 4 atom stereocenters. The zero-order valence-corrected chi connectivity index (χ0v) is 17.7. The van der Waals surface area contributed by atoms with Crippen LogP contribution in [0.15, 0.2) is 30.5 Å². The highest BCUT2D eigenvalue weighted by molar-refractivity contribution is 5.95. The Bertz CT molecular complexity index is 1010. The van der Waals surface area contributed by atoms with Crippen molar-refractivity contribution in [3.05, 3.63) is 41.7 Å². The van der Waals surface area contributed by atoms with Crippen LogP contribution in [0.3, 0.4) is 0 Å². The van der Waals surface area contributed by atoms with Crippen LogP contribution in [0.1, 0.15) is 47.7 Å². The SMILES string of the molecule is O=C(N[C@@H]1CO[C@@H]2[C@@H]1OC[C@@H]2Nc1nccc(C2CCCC2)n1)c1ccc2c(c1)OCO2. The maximum absolute atomic E-state index is 12.8. The summed E-state index contributed by atoms with van der Waals surface area (Å²) >= 11 is 0. The van der Waals surface area contributed by atoms with Crippen molar-refractivity contribution < 1.29 is 23.7 Å². The molecule has 2 aromatic rings. The fourth-order valence-electron chi connectivity index (χ4n) is 5.09. The fraction of sp³-hybridized carbons (Fsp3) is 0.522. The van der Waals surface area contributed by atoms with E-state index in [1.807, 2.05) is 12.3 Å². The smallest absolute Gasteiger partial charge is 0.251 e. The Morgan fingerprint density at radius 3 is 2.62 bits per heavy atom. The molecular formula is C23H26N4O5. The Balaban J connectivity index is 1.09. The van der Waals surface area contributed by atoms with Gasteiger partial charge in [0, 0.05) is 23.4 Å². The van der Waals surface area contributed by atoms with E-state index in [1.165, 1.54) is 25.7 Å².